The first-order valence-corrected chi connectivity index (χ1v) is 8.86. The van der Waals surface area contributed by atoms with E-state index >= 15 is 0 Å². The van der Waals surface area contributed by atoms with Crippen molar-refractivity contribution in [1.82, 2.24) is 19.6 Å². The van der Waals surface area contributed by atoms with Gasteiger partial charge in [0.1, 0.15) is 5.82 Å². The van der Waals surface area contributed by atoms with Crippen LogP contribution in [0.15, 0.2) is 30.5 Å². The van der Waals surface area contributed by atoms with E-state index in [1.54, 1.807) is 23.0 Å². The van der Waals surface area contributed by atoms with Crippen molar-refractivity contribution in [3.05, 3.63) is 47.5 Å². The Morgan fingerprint density at radius 1 is 1.24 bits per heavy atom. The molecular formula is C19H25FN4O. The fourth-order valence-electron chi connectivity index (χ4n) is 3.33. The molecule has 0 unspecified atom stereocenters. The van der Waals surface area contributed by atoms with E-state index in [-0.39, 0.29) is 17.6 Å². The molecule has 25 heavy (non-hydrogen) atoms. The highest BCUT2D eigenvalue weighted by Gasteiger charge is 2.27. The van der Waals surface area contributed by atoms with Gasteiger partial charge in [0.25, 0.3) is 5.91 Å². The highest BCUT2D eigenvalue weighted by atomic mass is 19.1. The number of nitrogens with zero attached hydrogens (tertiary/aromatic N) is 4. The fourth-order valence-corrected chi connectivity index (χ4v) is 3.33. The molecule has 1 saturated heterocycles. The lowest BCUT2D eigenvalue weighted by molar-refractivity contribution is 0.0642. The molecule has 5 nitrogen and oxygen atoms in total. The third-order valence-corrected chi connectivity index (χ3v) is 4.74. The SMILES string of the molecule is CCN1CCN(C(=O)c2cnn(-c3cccc(F)c3)c2C(C)C)CC1. The summed E-state index contributed by atoms with van der Waals surface area (Å²) < 4.78 is 15.3. The predicted molar refractivity (Wildman–Crippen MR) is 95.6 cm³/mol. The number of hydrogen-bond acceptors (Lipinski definition) is 3. The van der Waals surface area contributed by atoms with Crippen molar-refractivity contribution in [3.8, 4) is 5.69 Å². The van der Waals surface area contributed by atoms with E-state index in [1.807, 2.05) is 18.7 Å². The topological polar surface area (TPSA) is 41.4 Å². The number of hydrogen-bond donors (Lipinski definition) is 0. The monoisotopic (exact) mass is 344 g/mol. The summed E-state index contributed by atoms with van der Waals surface area (Å²) in [4.78, 5) is 17.2. The highest BCUT2D eigenvalue weighted by molar-refractivity contribution is 5.95. The van der Waals surface area contributed by atoms with Crippen LogP contribution < -0.4 is 0 Å². The van der Waals surface area contributed by atoms with E-state index in [0.29, 0.717) is 11.3 Å². The van der Waals surface area contributed by atoms with Crippen LogP contribution in [0.4, 0.5) is 4.39 Å². The number of piperazine rings is 1. The summed E-state index contributed by atoms with van der Waals surface area (Å²) in [6.45, 7) is 10.5. The van der Waals surface area contributed by atoms with Gasteiger partial charge in [0.2, 0.25) is 0 Å². The number of benzene rings is 1. The Kier molecular flexibility index (Phi) is 5.18. The number of aromatic nitrogens is 2. The van der Waals surface area contributed by atoms with E-state index in [1.165, 1.54) is 12.1 Å². The zero-order chi connectivity index (χ0) is 18.0. The molecule has 2 aromatic rings. The minimum atomic E-state index is -0.314. The van der Waals surface area contributed by atoms with Crippen LogP contribution >= 0.6 is 0 Å². The molecule has 1 aliphatic rings. The Morgan fingerprint density at radius 2 is 1.96 bits per heavy atom. The maximum absolute atomic E-state index is 13.6. The molecule has 0 radical (unpaired) electrons. The van der Waals surface area contributed by atoms with E-state index in [9.17, 15) is 9.18 Å². The minimum absolute atomic E-state index is 0.0158. The lowest BCUT2D eigenvalue weighted by atomic mass is 10.0. The largest absolute Gasteiger partial charge is 0.336 e. The van der Waals surface area contributed by atoms with Gasteiger partial charge in [0.15, 0.2) is 0 Å². The van der Waals surface area contributed by atoms with Crippen molar-refractivity contribution in [3.63, 3.8) is 0 Å². The van der Waals surface area contributed by atoms with E-state index in [4.69, 9.17) is 0 Å². The van der Waals surface area contributed by atoms with Gasteiger partial charge in [-0.1, -0.05) is 26.8 Å². The van der Waals surface area contributed by atoms with Crippen LogP contribution in [0.25, 0.3) is 5.69 Å². The second-order valence-corrected chi connectivity index (χ2v) is 6.72. The molecule has 0 atom stereocenters. The van der Waals surface area contributed by atoms with Crippen molar-refractivity contribution < 1.29 is 9.18 Å². The molecule has 134 valence electrons. The lowest BCUT2D eigenvalue weighted by Crippen LogP contribution is -2.48. The Hall–Kier alpha value is -2.21. The summed E-state index contributed by atoms with van der Waals surface area (Å²) in [6.07, 6.45) is 1.62. The molecule has 0 bridgehead atoms. The molecular weight excluding hydrogens is 319 g/mol. The van der Waals surface area contributed by atoms with Gasteiger partial charge in [-0.3, -0.25) is 4.79 Å². The second-order valence-electron chi connectivity index (χ2n) is 6.72. The zero-order valence-corrected chi connectivity index (χ0v) is 15.1. The van der Waals surface area contributed by atoms with Crippen LogP contribution in [0.3, 0.4) is 0 Å². The molecule has 0 N–H and O–H groups in total. The van der Waals surface area contributed by atoms with Gasteiger partial charge in [-0.25, -0.2) is 9.07 Å². The summed E-state index contributed by atoms with van der Waals surface area (Å²) in [5, 5.41) is 4.39. The molecule has 3 rings (SSSR count). The average molecular weight is 344 g/mol. The molecule has 0 aliphatic carbocycles. The molecule has 1 fully saturated rings. The fraction of sp³-hybridized carbons (Fsp3) is 0.474. The summed E-state index contributed by atoms with van der Waals surface area (Å²) in [7, 11) is 0. The van der Waals surface area contributed by atoms with Gasteiger partial charge in [-0.05, 0) is 30.7 Å². The molecule has 2 heterocycles. The lowest BCUT2D eigenvalue weighted by Gasteiger charge is -2.34. The van der Waals surface area contributed by atoms with Gasteiger partial charge in [0, 0.05) is 26.2 Å². The Morgan fingerprint density at radius 3 is 2.56 bits per heavy atom. The maximum Gasteiger partial charge on any atom is 0.257 e. The molecule has 0 saturated carbocycles. The van der Waals surface area contributed by atoms with Crippen molar-refractivity contribution in [1.29, 1.82) is 0 Å². The van der Waals surface area contributed by atoms with Crippen LogP contribution in [-0.2, 0) is 0 Å². The van der Waals surface area contributed by atoms with Crippen LogP contribution in [0, 0.1) is 5.82 Å². The summed E-state index contributed by atoms with van der Waals surface area (Å²) in [5.41, 5.74) is 2.08. The van der Waals surface area contributed by atoms with Crippen LogP contribution in [-0.4, -0.2) is 58.2 Å². The third-order valence-electron chi connectivity index (χ3n) is 4.74. The first kappa shape index (κ1) is 17.6. The number of carbonyl (C=O) groups is 1. The third kappa shape index (κ3) is 3.58. The first-order valence-electron chi connectivity index (χ1n) is 8.86. The Balaban J connectivity index is 1.91. The molecule has 6 heteroatoms. The average Bonchev–Trinajstić information content (AvgIpc) is 3.06. The number of halogens is 1. The summed E-state index contributed by atoms with van der Waals surface area (Å²) in [6, 6.07) is 6.30. The minimum Gasteiger partial charge on any atom is -0.336 e. The van der Waals surface area contributed by atoms with Gasteiger partial charge >= 0.3 is 0 Å². The molecule has 1 amide bonds. The van der Waals surface area contributed by atoms with Gasteiger partial charge in [-0.2, -0.15) is 5.10 Å². The van der Waals surface area contributed by atoms with Gasteiger partial charge in [-0.15, -0.1) is 0 Å². The normalized spacial score (nSPS) is 15.8. The Bertz CT molecular complexity index is 748. The van der Waals surface area contributed by atoms with E-state index in [2.05, 4.69) is 16.9 Å². The molecule has 1 aliphatic heterocycles. The smallest absolute Gasteiger partial charge is 0.257 e. The van der Waals surface area contributed by atoms with Crippen molar-refractivity contribution in [2.45, 2.75) is 26.7 Å². The predicted octanol–water partition coefficient (Wildman–Crippen LogP) is 2.91. The van der Waals surface area contributed by atoms with Crippen LogP contribution in [0.2, 0.25) is 0 Å². The highest BCUT2D eigenvalue weighted by Crippen LogP contribution is 2.25. The van der Waals surface area contributed by atoms with E-state index in [0.717, 1.165) is 38.4 Å². The van der Waals surface area contributed by atoms with Gasteiger partial charge < -0.3 is 9.80 Å². The number of amides is 1. The van der Waals surface area contributed by atoms with Crippen LogP contribution in [0.5, 0.6) is 0 Å². The molecule has 1 aromatic carbocycles. The van der Waals surface area contributed by atoms with E-state index < -0.39 is 0 Å². The quantitative estimate of drug-likeness (QED) is 0.856. The van der Waals surface area contributed by atoms with Crippen molar-refractivity contribution in [2.75, 3.05) is 32.7 Å². The standard InChI is InChI=1S/C19H25FN4O/c1-4-22-8-10-23(11-9-22)19(25)17-13-21-24(18(17)14(2)3)16-7-5-6-15(20)12-16/h5-7,12-14H,4,8-11H2,1-3H3. The van der Waals surface area contributed by atoms with Crippen LogP contribution in [0.1, 0.15) is 42.7 Å². The summed E-state index contributed by atoms with van der Waals surface area (Å²) >= 11 is 0. The number of carbonyl (C=O) groups excluding carboxylic acids is 1. The maximum atomic E-state index is 13.6. The first-order chi connectivity index (χ1) is 12.0. The van der Waals surface area contributed by atoms with Crippen molar-refractivity contribution >= 4 is 5.91 Å². The molecule has 1 aromatic heterocycles. The number of rotatable bonds is 4. The summed E-state index contributed by atoms with van der Waals surface area (Å²) in [5.74, 6) is -0.199. The van der Waals surface area contributed by atoms with Crippen molar-refractivity contribution in [2.24, 2.45) is 0 Å². The van der Waals surface area contributed by atoms with Gasteiger partial charge in [0.05, 0.1) is 23.1 Å². The molecule has 0 spiro atoms. The Labute approximate surface area is 148 Å². The number of likely N-dealkylation sites (N-methyl/N-ethyl adjacent to an activating group) is 1. The second kappa shape index (κ2) is 7.35. The zero-order valence-electron chi connectivity index (χ0n) is 15.1.